The highest BCUT2D eigenvalue weighted by molar-refractivity contribution is 5.95. The molecule has 0 radical (unpaired) electrons. The molecule has 0 aliphatic carbocycles. The zero-order valence-electron chi connectivity index (χ0n) is 13.3. The van der Waals surface area contributed by atoms with Crippen molar-refractivity contribution in [2.45, 2.75) is 6.92 Å². The van der Waals surface area contributed by atoms with Gasteiger partial charge in [-0.2, -0.15) is 0 Å². The lowest BCUT2D eigenvalue weighted by Crippen LogP contribution is -2.33. The van der Waals surface area contributed by atoms with E-state index in [1.54, 1.807) is 18.2 Å². The Hall–Kier alpha value is -2.28. The van der Waals surface area contributed by atoms with Crippen molar-refractivity contribution in [1.82, 2.24) is 15.5 Å². The summed E-state index contributed by atoms with van der Waals surface area (Å²) in [6.45, 7) is 3.43. The quantitative estimate of drug-likeness (QED) is 0.467. The molecule has 0 aliphatic heterocycles. The Morgan fingerprint density at radius 1 is 1.23 bits per heavy atom. The van der Waals surface area contributed by atoms with Crippen molar-refractivity contribution in [1.29, 1.82) is 0 Å². The molecule has 4 N–H and O–H groups in total. The normalized spacial score (nSPS) is 10.4. The summed E-state index contributed by atoms with van der Waals surface area (Å²) >= 11 is 0. The first-order valence-electron chi connectivity index (χ1n) is 7.10. The molecule has 0 saturated heterocycles. The van der Waals surface area contributed by atoms with Gasteiger partial charge in [-0.25, -0.2) is 0 Å². The highest BCUT2D eigenvalue weighted by atomic mass is 16.5. The van der Waals surface area contributed by atoms with E-state index in [4.69, 9.17) is 10.5 Å². The summed E-state index contributed by atoms with van der Waals surface area (Å²) in [5.74, 6) is 0.137. The Morgan fingerprint density at radius 2 is 1.91 bits per heavy atom. The van der Waals surface area contributed by atoms with Crippen molar-refractivity contribution in [3.05, 3.63) is 23.8 Å². The van der Waals surface area contributed by atoms with Crippen molar-refractivity contribution >= 4 is 17.5 Å². The van der Waals surface area contributed by atoms with E-state index < -0.39 is 0 Å². The van der Waals surface area contributed by atoms with Gasteiger partial charge in [-0.05, 0) is 32.3 Å². The van der Waals surface area contributed by atoms with Crippen LogP contribution in [0, 0.1) is 0 Å². The standard InChI is InChI=1S/C15H24N4O3/c1-11(20)17-6-7-18-15(21)12-4-5-13(16)14(10-12)22-9-8-19(2)3/h4-5,10H,6-9,16H2,1-3H3,(H,17,20)(H,18,21). The Labute approximate surface area is 130 Å². The first kappa shape index (κ1) is 17.8. The molecule has 122 valence electrons. The number of anilines is 1. The van der Waals surface area contributed by atoms with Crippen LogP contribution in [0.1, 0.15) is 17.3 Å². The highest BCUT2D eigenvalue weighted by Crippen LogP contribution is 2.22. The van der Waals surface area contributed by atoms with Crippen LogP contribution < -0.4 is 21.1 Å². The van der Waals surface area contributed by atoms with Crippen LogP contribution in [0.3, 0.4) is 0 Å². The van der Waals surface area contributed by atoms with Crippen molar-refractivity contribution < 1.29 is 14.3 Å². The molecule has 0 fully saturated rings. The van der Waals surface area contributed by atoms with Gasteiger partial charge >= 0.3 is 0 Å². The van der Waals surface area contributed by atoms with Gasteiger partial charge < -0.3 is 26.0 Å². The van der Waals surface area contributed by atoms with E-state index in [0.29, 0.717) is 36.7 Å². The van der Waals surface area contributed by atoms with Crippen LogP contribution in [0.4, 0.5) is 5.69 Å². The molecule has 0 aromatic heterocycles. The molecular formula is C15H24N4O3. The first-order chi connectivity index (χ1) is 10.4. The van der Waals surface area contributed by atoms with Crippen LogP contribution in [-0.2, 0) is 4.79 Å². The van der Waals surface area contributed by atoms with Gasteiger partial charge in [-0.1, -0.05) is 0 Å². The highest BCUT2D eigenvalue weighted by Gasteiger charge is 2.09. The third-order valence-corrected chi connectivity index (χ3v) is 2.86. The Kier molecular flexibility index (Phi) is 7.18. The summed E-state index contributed by atoms with van der Waals surface area (Å²) in [6.07, 6.45) is 0. The molecule has 1 rings (SSSR count). The van der Waals surface area contributed by atoms with Gasteiger partial charge in [0.15, 0.2) is 0 Å². The van der Waals surface area contributed by atoms with Gasteiger partial charge in [0, 0.05) is 32.1 Å². The number of amides is 2. The fourth-order valence-corrected chi connectivity index (χ4v) is 1.66. The minimum Gasteiger partial charge on any atom is -0.490 e. The molecule has 0 atom stereocenters. The SMILES string of the molecule is CC(=O)NCCNC(=O)c1ccc(N)c(OCCN(C)C)c1. The predicted molar refractivity (Wildman–Crippen MR) is 85.9 cm³/mol. The second-order valence-corrected chi connectivity index (χ2v) is 5.14. The van der Waals surface area contributed by atoms with E-state index in [1.165, 1.54) is 6.92 Å². The number of carbonyl (C=O) groups is 2. The molecule has 0 unspecified atom stereocenters. The summed E-state index contributed by atoms with van der Waals surface area (Å²) in [5, 5.41) is 5.33. The summed E-state index contributed by atoms with van der Waals surface area (Å²) in [5.41, 5.74) is 6.81. The molecule has 1 aromatic carbocycles. The van der Waals surface area contributed by atoms with Crippen LogP contribution in [0.25, 0.3) is 0 Å². The van der Waals surface area contributed by atoms with Gasteiger partial charge in [-0.15, -0.1) is 0 Å². The molecule has 0 heterocycles. The fraction of sp³-hybridized carbons (Fsp3) is 0.467. The molecule has 22 heavy (non-hydrogen) atoms. The van der Waals surface area contributed by atoms with Crippen LogP contribution >= 0.6 is 0 Å². The molecule has 2 amide bonds. The molecule has 0 spiro atoms. The van der Waals surface area contributed by atoms with E-state index >= 15 is 0 Å². The largest absolute Gasteiger partial charge is 0.490 e. The number of nitrogen functional groups attached to an aromatic ring is 1. The van der Waals surface area contributed by atoms with Crippen molar-refractivity contribution in [2.24, 2.45) is 0 Å². The van der Waals surface area contributed by atoms with E-state index in [1.807, 2.05) is 19.0 Å². The predicted octanol–water partition coefficient (Wildman–Crippen LogP) is 0.0751. The maximum absolute atomic E-state index is 12.0. The second-order valence-electron chi connectivity index (χ2n) is 5.14. The fourth-order valence-electron chi connectivity index (χ4n) is 1.66. The van der Waals surface area contributed by atoms with Crippen LogP contribution in [0.15, 0.2) is 18.2 Å². The van der Waals surface area contributed by atoms with Crippen molar-refractivity contribution in [2.75, 3.05) is 46.1 Å². The average molecular weight is 308 g/mol. The molecule has 0 saturated carbocycles. The molecule has 1 aromatic rings. The minimum absolute atomic E-state index is 0.127. The summed E-state index contributed by atoms with van der Waals surface area (Å²) in [4.78, 5) is 24.7. The van der Waals surface area contributed by atoms with Crippen LogP contribution in [0.2, 0.25) is 0 Å². The lowest BCUT2D eigenvalue weighted by molar-refractivity contribution is -0.118. The molecule has 7 nitrogen and oxygen atoms in total. The van der Waals surface area contributed by atoms with Crippen molar-refractivity contribution in [3.8, 4) is 5.75 Å². The molecule has 0 aliphatic rings. The summed E-state index contributed by atoms with van der Waals surface area (Å²) < 4.78 is 5.59. The number of nitrogens with zero attached hydrogens (tertiary/aromatic N) is 1. The number of nitrogens with two attached hydrogens (primary N) is 1. The zero-order chi connectivity index (χ0) is 16.5. The summed E-state index contributed by atoms with van der Waals surface area (Å²) in [6, 6.07) is 4.91. The van der Waals surface area contributed by atoms with Gasteiger partial charge in [0.05, 0.1) is 5.69 Å². The van der Waals surface area contributed by atoms with E-state index in [9.17, 15) is 9.59 Å². The maximum Gasteiger partial charge on any atom is 0.251 e. The maximum atomic E-state index is 12.0. The molecule has 0 bridgehead atoms. The third kappa shape index (κ3) is 6.45. The monoisotopic (exact) mass is 308 g/mol. The number of benzene rings is 1. The zero-order valence-corrected chi connectivity index (χ0v) is 13.3. The van der Waals surface area contributed by atoms with E-state index in [-0.39, 0.29) is 11.8 Å². The van der Waals surface area contributed by atoms with Gasteiger partial charge in [0.25, 0.3) is 5.91 Å². The topological polar surface area (TPSA) is 96.7 Å². The smallest absolute Gasteiger partial charge is 0.251 e. The Morgan fingerprint density at radius 3 is 2.55 bits per heavy atom. The number of carbonyl (C=O) groups excluding carboxylic acids is 2. The number of likely N-dealkylation sites (N-methyl/N-ethyl adjacent to an activating group) is 1. The van der Waals surface area contributed by atoms with Gasteiger partial charge in [0.2, 0.25) is 5.91 Å². The third-order valence-electron chi connectivity index (χ3n) is 2.86. The number of rotatable bonds is 8. The van der Waals surface area contributed by atoms with E-state index in [0.717, 1.165) is 6.54 Å². The van der Waals surface area contributed by atoms with E-state index in [2.05, 4.69) is 10.6 Å². The lowest BCUT2D eigenvalue weighted by atomic mass is 10.2. The van der Waals surface area contributed by atoms with Gasteiger partial charge in [0.1, 0.15) is 12.4 Å². The van der Waals surface area contributed by atoms with Gasteiger partial charge in [-0.3, -0.25) is 9.59 Å². The van der Waals surface area contributed by atoms with Crippen LogP contribution in [-0.4, -0.2) is 57.1 Å². The van der Waals surface area contributed by atoms with Crippen LogP contribution in [0.5, 0.6) is 5.75 Å². The second kappa shape index (κ2) is 8.89. The number of hydrogen-bond acceptors (Lipinski definition) is 5. The first-order valence-corrected chi connectivity index (χ1v) is 7.10. The Balaban J connectivity index is 2.55. The van der Waals surface area contributed by atoms with Crippen molar-refractivity contribution in [3.63, 3.8) is 0 Å². The number of nitrogens with one attached hydrogen (secondary N) is 2. The Bertz CT molecular complexity index is 518. The minimum atomic E-state index is -0.234. The average Bonchev–Trinajstić information content (AvgIpc) is 2.44. The number of ether oxygens (including phenoxy) is 1. The molecule has 7 heteroatoms. The molecular weight excluding hydrogens is 284 g/mol. The number of hydrogen-bond donors (Lipinski definition) is 3. The lowest BCUT2D eigenvalue weighted by Gasteiger charge is -2.13. The summed E-state index contributed by atoms with van der Waals surface area (Å²) in [7, 11) is 3.90.